The summed E-state index contributed by atoms with van der Waals surface area (Å²) in [6, 6.07) is 0. The summed E-state index contributed by atoms with van der Waals surface area (Å²) >= 11 is 0. The molecule has 0 rings (SSSR count). The second-order valence-corrected chi connectivity index (χ2v) is 3.07. The van der Waals surface area contributed by atoms with Crippen LogP contribution < -0.4 is 0 Å². The van der Waals surface area contributed by atoms with Crippen LogP contribution in [0.1, 0.15) is 20.3 Å². The first-order valence-electron chi connectivity index (χ1n) is 4.42. The van der Waals surface area contributed by atoms with Crippen molar-refractivity contribution in [3.8, 4) is 0 Å². The topological polar surface area (TPSA) is 89.7 Å². The Bertz CT molecular complexity index is 206. The first kappa shape index (κ1) is 12.8. The van der Waals surface area contributed by atoms with Crippen LogP contribution in [0.3, 0.4) is 0 Å². The molecule has 1 N–H and O–H groups in total. The fourth-order valence-electron chi connectivity index (χ4n) is 0.952. The number of carbonyl (C=O) groups excluding carboxylic acids is 1. The van der Waals surface area contributed by atoms with Crippen molar-refractivity contribution in [3.63, 3.8) is 0 Å². The maximum atomic E-state index is 10.9. The number of hydrogen-bond acceptors (Lipinski definition) is 5. The van der Waals surface area contributed by atoms with E-state index in [9.17, 15) is 20.0 Å². The summed E-state index contributed by atoms with van der Waals surface area (Å²) in [5.41, 5.74) is 0. The predicted molar refractivity (Wildman–Crippen MR) is 48.3 cm³/mol. The van der Waals surface area contributed by atoms with Crippen molar-refractivity contribution < 1.29 is 19.6 Å². The molecule has 2 atom stereocenters. The van der Waals surface area contributed by atoms with Crippen LogP contribution in [0, 0.1) is 16.0 Å². The smallest absolute Gasteiger partial charge is 0.306 e. The van der Waals surface area contributed by atoms with Crippen molar-refractivity contribution in [1.29, 1.82) is 0 Å². The lowest BCUT2D eigenvalue weighted by Gasteiger charge is -2.13. The zero-order valence-electron chi connectivity index (χ0n) is 8.30. The maximum Gasteiger partial charge on any atom is 0.306 e. The van der Waals surface area contributed by atoms with Crippen LogP contribution >= 0.6 is 0 Å². The Labute approximate surface area is 82.0 Å². The maximum absolute atomic E-state index is 10.9. The molecule has 0 aromatic heterocycles. The molecule has 0 bridgehead atoms. The van der Waals surface area contributed by atoms with E-state index in [-0.39, 0.29) is 13.0 Å². The number of rotatable bonds is 6. The zero-order chi connectivity index (χ0) is 11.1. The fourth-order valence-corrected chi connectivity index (χ4v) is 0.952. The first-order valence-corrected chi connectivity index (χ1v) is 4.42. The minimum atomic E-state index is -1.10. The molecule has 0 saturated heterocycles. The number of ether oxygens (including phenoxy) is 1. The number of aliphatic hydroxyl groups excluding tert-OH is 1. The summed E-state index contributed by atoms with van der Waals surface area (Å²) in [7, 11) is 0. The summed E-state index contributed by atoms with van der Waals surface area (Å²) < 4.78 is 4.65. The van der Waals surface area contributed by atoms with Crippen LogP contribution in [-0.2, 0) is 9.53 Å². The zero-order valence-corrected chi connectivity index (χ0v) is 8.30. The molecule has 0 fully saturated rings. The van der Waals surface area contributed by atoms with Gasteiger partial charge in [0.1, 0.15) is 6.10 Å². The van der Waals surface area contributed by atoms with Gasteiger partial charge in [-0.3, -0.25) is 14.9 Å². The van der Waals surface area contributed by atoms with E-state index in [2.05, 4.69) is 4.74 Å². The summed E-state index contributed by atoms with van der Waals surface area (Å²) in [6.45, 7) is 2.98. The Morgan fingerprint density at radius 3 is 2.64 bits per heavy atom. The van der Waals surface area contributed by atoms with Crippen molar-refractivity contribution >= 4 is 5.97 Å². The largest absolute Gasteiger partial charge is 0.466 e. The van der Waals surface area contributed by atoms with E-state index in [4.69, 9.17) is 0 Å². The van der Waals surface area contributed by atoms with Gasteiger partial charge in [-0.1, -0.05) is 6.92 Å². The van der Waals surface area contributed by atoms with E-state index >= 15 is 0 Å². The Morgan fingerprint density at radius 1 is 1.64 bits per heavy atom. The highest BCUT2D eigenvalue weighted by Crippen LogP contribution is 2.09. The lowest BCUT2D eigenvalue weighted by atomic mass is 10.0. The lowest BCUT2D eigenvalue weighted by molar-refractivity contribution is -0.492. The average Bonchev–Trinajstić information content (AvgIpc) is 2.02. The van der Waals surface area contributed by atoms with Gasteiger partial charge in [-0.15, -0.1) is 0 Å². The molecule has 0 aromatic carbocycles. The van der Waals surface area contributed by atoms with E-state index < -0.39 is 29.5 Å². The molecule has 82 valence electrons. The third-order valence-corrected chi connectivity index (χ3v) is 1.79. The number of carbonyl (C=O) groups is 1. The van der Waals surface area contributed by atoms with E-state index in [0.717, 1.165) is 0 Å². The Hall–Kier alpha value is -1.17. The lowest BCUT2D eigenvalue weighted by Crippen LogP contribution is -2.28. The van der Waals surface area contributed by atoms with Gasteiger partial charge in [0.05, 0.1) is 13.0 Å². The van der Waals surface area contributed by atoms with Crippen molar-refractivity contribution in [3.05, 3.63) is 10.1 Å². The van der Waals surface area contributed by atoms with Crippen LogP contribution in [-0.4, -0.2) is 35.3 Å². The van der Waals surface area contributed by atoms with E-state index in [0.29, 0.717) is 0 Å². The summed E-state index contributed by atoms with van der Waals surface area (Å²) in [6.07, 6.45) is -1.10. The molecule has 0 amide bonds. The molecule has 0 heterocycles. The van der Waals surface area contributed by atoms with Crippen LogP contribution in [0.4, 0.5) is 0 Å². The van der Waals surface area contributed by atoms with Gasteiger partial charge in [0.2, 0.25) is 6.54 Å². The number of esters is 1. The first-order chi connectivity index (χ1) is 6.47. The molecule has 6 heteroatoms. The van der Waals surface area contributed by atoms with Crippen molar-refractivity contribution in [1.82, 2.24) is 0 Å². The second-order valence-electron chi connectivity index (χ2n) is 3.07. The third kappa shape index (κ3) is 5.47. The average molecular weight is 205 g/mol. The highest BCUT2D eigenvalue weighted by atomic mass is 16.6. The summed E-state index contributed by atoms with van der Waals surface area (Å²) in [5.74, 6) is -0.901. The number of hydrogen-bond donors (Lipinski definition) is 1. The van der Waals surface area contributed by atoms with Crippen molar-refractivity contribution in [2.24, 2.45) is 5.92 Å². The van der Waals surface area contributed by atoms with Gasteiger partial charge in [-0.05, 0) is 12.8 Å². The SMILES string of the molecule is CCOC(=O)CC(C)C(O)C[N+](=O)[O-]. The molecule has 0 aliphatic rings. The second kappa shape index (κ2) is 6.31. The molecule has 2 unspecified atom stereocenters. The summed E-state index contributed by atoms with van der Waals surface area (Å²) in [5, 5.41) is 19.3. The van der Waals surface area contributed by atoms with Crippen LogP contribution in [0.2, 0.25) is 0 Å². The molecule has 0 saturated carbocycles. The minimum absolute atomic E-state index is 0.00282. The van der Waals surface area contributed by atoms with Gasteiger partial charge < -0.3 is 9.84 Å². The van der Waals surface area contributed by atoms with Crippen LogP contribution in [0.25, 0.3) is 0 Å². The Kier molecular flexibility index (Phi) is 5.78. The van der Waals surface area contributed by atoms with Gasteiger partial charge in [-0.25, -0.2) is 0 Å². The van der Waals surface area contributed by atoms with Crippen LogP contribution in [0.15, 0.2) is 0 Å². The third-order valence-electron chi connectivity index (χ3n) is 1.79. The van der Waals surface area contributed by atoms with Gasteiger partial charge in [0, 0.05) is 4.92 Å². The monoisotopic (exact) mass is 205 g/mol. The Morgan fingerprint density at radius 2 is 2.21 bits per heavy atom. The molecular weight excluding hydrogens is 190 g/mol. The molecule has 0 radical (unpaired) electrons. The molecule has 14 heavy (non-hydrogen) atoms. The fraction of sp³-hybridized carbons (Fsp3) is 0.875. The predicted octanol–water partition coefficient (Wildman–Crippen LogP) is 0.213. The summed E-state index contributed by atoms with van der Waals surface area (Å²) in [4.78, 5) is 20.4. The van der Waals surface area contributed by atoms with E-state index in [1.54, 1.807) is 13.8 Å². The van der Waals surface area contributed by atoms with Gasteiger partial charge in [-0.2, -0.15) is 0 Å². The number of aliphatic hydroxyl groups is 1. The minimum Gasteiger partial charge on any atom is -0.466 e. The highest BCUT2D eigenvalue weighted by Gasteiger charge is 2.22. The molecule has 0 aliphatic heterocycles. The van der Waals surface area contributed by atoms with Gasteiger partial charge >= 0.3 is 5.97 Å². The normalized spacial score (nSPS) is 14.5. The van der Waals surface area contributed by atoms with Gasteiger partial charge in [0.15, 0.2) is 0 Å². The number of nitro groups is 1. The number of nitrogens with zero attached hydrogens (tertiary/aromatic N) is 1. The molecule has 0 aromatic rings. The highest BCUT2D eigenvalue weighted by molar-refractivity contribution is 5.69. The molecule has 6 nitrogen and oxygen atoms in total. The van der Waals surface area contributed by atoms with Crippen molar-refractivity contribution in [2.75, 3.05) is 13.2 Å². The quantitative estimate of drug-likeness (QED) is 0.380. The van der Waals surface area contributed by atoms with Crippen LogP contribution in [0.5, 0.6) is 0 Å². The van der Waals surface area contributed by atoms with Gasteiger partial charge in [0.25, 0.3) is 0 Å². The molecule has 0 aliphatic carbocycles. The molecule has 0 spiro atoms. The van der Waals surface area contributed by atoms with Crippen molar-refractivity contribution in [2.45, 2.75) is 26.4 Å². The van der Waals surface area contributed by atoms with E-state index in [1.807, 2.05) is 0 Å². The molecular formula is C8H15NO5. The Balaban J connectivity index is 3.87. The standard InChI is InChI=1S/C8H15NO5/c1-3-14-8(11)4-6(2)7(10)5-9(12)13/h6-7,10H,3-5H2,1-2H3. The van der Waals surface area contributed by atoms with E-state index in [1.165, 1.54) is 0 Å².